The fraction of sp³-hybridized carbons (Fsp3) is 0.545. The number of carbonyl (C=O) groups is 1. The first-order valence-corrected chi connectivity index (χ1v) is 5.35. The molecule has 0 saturated heterocycles. The highest BCUT2D eigenvalue weighted by atomic mass is 16.2. The molecule has 1 rings (SSSR count). The van der Waals surface area contributed by atoms with Crippen LogP contribution in [0.15, 0.2) is 12.3 Å². The molecule has 1 unspecified atom stereocenters. The van der Waals surface area contributed by atoms with Crippen LogP contribution in [-0.2, 0) is 4.79 Å². The summed E-state index contributed by atoms with van der Waals surface area (Å²) in [6.45, 7) is 6.39. The van der Waals surface area contributed by atoms with Gasteiger partial charge in [0, 0.05) is 13.6 Å². The van der Waals surface area contributed by atoms with Crippen molar-refractivity contribution in [2.75, 3.05) is 18.9 Å². The number of aromatic nitrogens is 2. The Balaban J connectivity index is 2.64. The molecule has 1 aromatic rings. The van der Waals surface area contributed by atoms with Crippen molar-refractivity contribution in [3.8, 4) is 0 Å². The van der Waals surface area contributed by atoms with Gasteiger partial charge in [-0.25, -0.2) is 0 Å². The molecule has 1 N–H and O–H groups in total. The first kappa shape index (κ1) is 12.4. The van der Waals surface area contributed by atoms with Crippen molar-refractivity contribution >= 4 is 11.7 Å². The number of carbonyl (C=O) groups excluding carboxylic acids is 1. The Hall–Kier alpha value is -1.65. The predicted octanol–water partition coefficient (Wildman–Crippen LogP) is 1.06. The van der Waals surface area contributed by atoms with Crippen LogP contribution in [0.1, 0.15) is 19.4 Å². The standard InChI is InChI=1S/C11H18N4O/c1-5-15(4)11(16)9(3)13-10-6-8(2)7-12-14-10/h6-7,9H,5H2,1-4H3,(H,13,14). The van der Waals surface area contributed by atoms with E-state index in [1.165, 1.54) is 0 Å². The van der Waals surface area contributed by atoms with Gasteiger partial charge in [0.05, 0.1) is 6.20 Å². The highest BCUT2D eigenvalue weighted by molar-refractivity contribution is 5.83. The Morgan fingerprint density at radius 2 is 2.31 bits per heavy atom. The van der Waals surface area contributed by atoms with Crippen LogP contribution in [0.5, 0.6) is 0 Å². The van der Waals surface area contributed by atoms with Crippen molar-refractivity contribution in [3.63, 3.8) is 0 Å². The van der Waals surface area contributed by atoms with Gasteiger partial charge in [0.1, 0.15) is 11.9 Å². The average molecular weight is 222 g/mol. The van der Waals surface area contributed by atoms with Gasteiger partial charge in [-0.3, -0.25) is 4.79 Å². The molecule has 0 bridgehead atoms. The average Bonchev–Trinajstić information content (AvgIpc) is 2.27. The summed E-state index contributed by atoms with van der Waals surface area (Å²) in [6, 6.07) is 1.57. The van der Waals surface area contributed by atoms with Crippen molar-refractivity contribution in [1.29, 1.82) is 0 Å². The summed E-state index contributed by atoms with van der Waals surface area (Å²) < 4.78 is 0. The second-order valence-corrected chi connectivity index (χ2v) is 3.84. The van der Waals surface area contributed by atoms with E-state index in [1.54, 1.807) is 18.1 Å². The lowest BCUT2D eigenvalue weighted by Crippen LogP contribution is -2.39. The van der Waals surface area contributed by atoms with Crippen LogP contribution in [-0.4, -0.2) is 40.6 Å². The molecule has 0 radical (unpaired) electrons. The number of anilines is 1. The normalized spacial score (nSPS) is 12.0. The van der Waals surface area contributed by atoms with Crippen LogP contribution in [0.3, 0.4) is 0 Å². The third-order valence-electron chi connectivity index (χ3n) is 2.38. The van der Waals surface area contributed by atoms with E-state index in [1.807, 2.05) is 26.8 Å². The van der Waals surface area contributed by atoms with Crippen molar-refractivity contribution in [2.24, 2.45) is 0 Å². The smallest absolute Gasteiger partial charge is 0.244 e. The van der Waals surface area contributed by atoms with Crippen molar-refractivity contribution in [3.05, 3.63) is 17.8 Å². The molecule has 0 aliphatic heterocycles. The van der Waals surface area contributed by atoms with E-state index in [4.69, 9.17) is 0 Å². The van der Waals surface area contributed by atoms with Crippen molar-refractivity contribution < 1.29 is 4.79 Å². The van der Waals surface area contributed by atoms with Crippen LogP contribution in [0.25, 0.3) is 0 Å². The van der Waals surface area contributed by atoms with Crippen molar-refractivity contribution in [1.82, 2.24) is 15.1 Å². The Kier molecular flexibility index (Phi) is 4.22. The van der Waals surface area contributed by atoms with Gasteiger partial charge in [-0.15, -0.1) is 5.10 Å². The van der Waals surface area contributed by atoms with Crippen LogP contribution in [0.4, 0.5) is 5.82 Å². The first-order chi connectivity index (χ1) is 7.54. The lowest BCUT2D eigenvalue weighted by atomic mass is 10.2. The summed E-state index contributed by atoms with van der Waals surface area (Å²) >= 11 is 0. The summed E-state index contributed by atoms with van der Waals surface area (Å²) in [5, 5.41) is 10.8. The van der Waals surface area contributed by atoms with Gasteiger partial charge in [-0.1, -0.05) is 0 Å². The Bertz CT molecular complexity index is 367. The van der Waals surface area contributed by atoms with Gasteiger partial charge in [0.2, 0.25) is 5.91 Å². The number of amides is 1. The molecule has 1 amide bonds. The Morgan fingerprint density at radius 1 is 1.62 bits per heavy atom. The number of aryl methyl sites for hydroxylation is 1. The minimum atomic E-state index is -0.291. The van der Waals surface area contributed by atoms with Gasteiger partial charge in [-0.2, -0.15) is 5.10 Å². The summed E-state index contributed by atoms with van der Waals surface area (Å²) in [6.07, 6.45) is 1.68. The topological polar surface area (TPSA) is 58.1 Å². The maximum atomic E-state index is 11.8. The molecule has 1 aromatic heterocycles. The second kappa shape index (κ2) is 5.44. The van der Waals surface area contributed by atoms with E-state index < -0.39 is 0 Å². The third-order valence-corrected chi connectivity index (χ3v) is 2.38. The molecular formula is C11H18N4O. The SMILES string of the molecule is CCN(C)C(=O)C(C)Nc1cc(C)cnn1. The van der Waals surface area contributed by atoms with Gasteiger partial charge < -0.3 is 10.2 Å². The zero-order valence-electron chi connectivity index (χ0n) is 10.2. The van der Waals surface area contributed by atoms with E-state index >= 15 is 0 Å². The zero-order valence-corrected chi connectivity index (χ0v) is 10.2. The molecule has 5 nitrogen and oxygen atoms in total. The molecule has 16 heavy (non-hydrogen) atoms. The highest BCUT2D eigenvalue weighted by Crippen LogP contribution is 2.06. The maximum absolute atomic E-state index is 11.8. The summed E-state index contributed by atoms with van der Waals surface area (Å²) in [4.78, 5) is 13.4. The van der Waals surface area contributed by atoms with Gasteiger partial charge in [-0.05, 0) is 32.4 Å². The van der Waals surface area contributed by atoms with Gasteiger partial charge in [0.25, 0.3) is 0 Å². The van der Waals surface area contributed by atoms with Crippen LogP contribution in [0, 0.1) is 6.92 Å². The number of hydrogen-bond donors (Lipinski definition) is 1. The summed E-state index contributed by atoms with van der Waals surface area (Å²) in [5.41, 5.74) is 1.01. The lowest BCUT2D eigenvalue weighted by molar-refractivity contribution is -0.130. The lowest BCUT2D eigenvalue weighted by Gasteiger charge is -2.20. The molecule has 0 aliphatic rings. The monoisotopic (exact) mass is 222 g/mol. The molecule has 0 saturated carbocycles. The van der Waals surface area contributed by atoms with Crippen molar-refractivity contribution in [2.45, 2.75) is 26.8 Å². The number of likely N-dealkylation sites (N-methyl/N-ethyl adjacent to an activating group) is 1. The quantitative estimate of drug-likeness (QED) is 0.827. The van der Waals surface area contributed by atoms with Gasteiger partial charge in [0.15, 0.2) is 0 Å². The van der Waals surface area contributed by atoms with Crippen LogP contribution < -0.4 is 5.32 Å². The summed E-state index contributed by atoms with van der Waals surface area (Å²) in [5.74, 6) is 0.677. The van der Waals surface area contributed by atoms with Gasteiger partial charge >= 0.3 is 0 Å². The van der Waals surface area contributed by atoms with E-state index in [-0.39, 0.29) is 11.9 Å². The first-order valence-electron chi connectivity index (χ1n) is 5.35. The van der Waals surface area contributed by atoms with E-state index in [0.29, 0.717) is 12.4 Å². The van der Waals surface area contributed by atoms with E-state index in [0.717, 1.165) is 5.56 Å². The highest BCUT2D eigenvalue weighted by Gasteiger charge is 2.16. The van der Waals surface area contributed by atoms with Crippen LogP contribution >= 0.6 is 0 Å². The number of hydrogen-bond acceptors (Lipinski definition) is 4. The molecule has 1 heterocycles. The minimum absolute atomic E-state index is 0.0470. The maximum Gasteiger partial charge on any atom is 0.244 e. The number of nitrogens with zero attached hydrogens (tertiary/aromatic N) is 3. The van der Waals surface area contributed by atoms with E-state index in [2.05, 4.69) is 15.5 Å². The number of nitrogens with one attached hydrogen (secondary N) is 1. The predicted molar refractivity (Wildman–Crippen MR) is 63.2 cm³/mol. The zero-order chi connectivity index (χ0) is 12.1. The molecular weight excluding hydrogens is 204 g/mol. The summed E-state index contributed by atoms with van der Waals surface area (Å²) in [7, 11) is 1.78. The van der Waals surface area contributed by atoms with Crippen LogP contribution in [0.2, 0.25) is 0 Å². The third kappa shape index (κ3) is 3.18. The molecule has 0 fully saturated rings. The fourth-order valence-corrected chi connectivity index (χ4v) is 1.30. The fourth-order valence-electron chi connectivity index (χ4n) is 1.30. The number of rotatable bonds is 4. The van der Waals surface area contributed by atoms with E-state index in [9.17, 15) is 4.79 Å². The molecule has 0 spiro atoms. The molecule has 88 valence electrons. The Morgan fingerprint density at radius 3 is 2.88 bits per heavy atom. The second-order valence-electron chi connectivity index (χ2n) is 3.84. The Labute approximate surface area is 95.9 Å². The molecule has 1 atom stereocenters. The molecule has 0 aromatic carbocycles. The molecule has 5 heteroatoms. The molecule has 0 aliphatic carbocycles. The minimum Gasteiger partial charge on any atom is -0.357 e. The largest absolute Gasteiger partial charge is 0.357 e.